The Morgan fingerprint density at radius 1 is 1.24 bits per heavy atom. The first-order chi connectivity index (χ1) is 12.1. The minimum Gasteiger partial charge on any atom is -0.494 e. The SMILES string of the molecule is COc1ccc(CNC(C)c2ccc(N3CCCC3=O)cc2)cc1F. The van der Waals surface area contributed by atoms with Crippen molar-refractivity contribution in [3.05, 3.63) is 59.4 Å². The van der Waals surface area contributed by atoms with Crippen LogP contribution in [0.25, 0.3) is 0 Å². The number of nitrogens with one attached hydrogen (secondary N) is 1. The van der Waals surface area contributed by atoms with E-state index in [1.54, 1.807) is 6.07 Å². The van der Waals surface area contributed by atoms with Gasteiger partial charge >= 0.3 is 0 Å². The maximum absolute atomic E-state index is 13.7. The summed E-state index contributed by atoms with van der Waals surface area (Å²) >= 11 is 0. The van der Waals surface area contributed by atoms with E-state index in [2.05, 4.69) is 12.2 Å². The van der Waals surface area contributed by atoms with E-state index >= 15 is 0 Å². The molecule has 132 valence electrons. The predicted octanol–water partition coefficient (Wildman–Crippen LogP) is 3.81. The van der Waals surface area contributed by atoms with Crippen molar-refractivity contribution in [3.63, 3.8) is 0 Å². The Morgan fingerprint density at radius 3 is 2.60 bits per heavy atom. The van der Waals surface area contributed by atoms with Gasteiger partial charge in [0.1, 0.15) is 0 Å². The fourth-order valence-electron chi connectivity index (χ4n) is 3.07. The van der Waals surface area contributed by atoms with E-state index in [0.717, 1.165) is 29.8 Å². The van der Waals surface area contributed by atoms with Crippen LogP contribution in [-0.4, -0.2) is 19.6 Å². The van der Waals surface area contributed by atoms with Crippen LogP contribution in [0.2, 0.25) is 0 Å². The largest absolute Gasteiger partial charge is 0.494 e. The maximum atomic E-state index is 13.7. The number of rotatable bonds is 6. The van der Waals surface area contributed by atoms with E-state index in [-0.39, 0.29) is 23.5 Å². The zero-order valence-corrected chi connectivity index (χ0v) is 14.6. The Kier molecular flexibility index (Phi) is 5.34. The molecule has 1 aliphatic heterocycles. The number of hydrogen-bond acceptors (Lipinski definition) is 3. The van der Waals surface area contributed by atoms with Gasteiger partial charge in [-0.15, -0.1) is 0 Å². The molecule has 1 heterocycles. The molecule has 2 aromatic rings. The highest BCUT2D eigenvalue weighted by Gasteiger charge is 2.21. The van der Waals surface area contributed by atoms with E-state index < -0.39 is 0 Å². The van der Waals surface area contributed by atoms with Gasteiger partial charge in [0.15, 0.2) is 11.6 Å². The average Bonchev–Trinajstić information content (AvgIpc) is 3.06. The van der Waals surface area contributed by atoms with Gasteiger partial charge in [-0.2, -0.15) is 0 Å². The summed E-state index contributed by atoms with van der Waals surface area (Å²) in [5, 5.41) is 3.39. The number of amides is 1. The molecule has 3 rings (SSSR count). The number of ether oxygens (including phenoxy) is 1. The molecule has 0 spiro atoms. The number of anilines is 1. The van der Waals surface area contributed by atoms with Crippen LogP contribution >= 0.6 is 0 Å². The second-order valence-electron chi connectivity index (χ2n) is 6.31. The molecule has 0 saturated carbocycles. The lowest BCUT2D eigenvalue weighted by Crippen LogP contribution is -2.23. The first-order valence-electron chi connectivity index (χ1n) is 8.54. The second-order valence-corrected chi connectivity index (χ2v) is 6.31. The molecule has 0 radical (unpaired) electrons. The van der Waals surface area contributed by atoms with Gasteiger partial charge < -0.3 is 15.0 Å². The van der Waals surface area contributed by atoms with E-state index in [4.69, 9.17) is 4.74 Å². The Hall–Kier alpha value is -2.40. The Morgan fingerprint density at radius 2 is 2.00 bits per heavy atom. The van der Waals surface area contributed by atoms with E-state index in [1.165, 1.54) is 13.2 Å². The van der Waals surface area contributed by atoms with Crippen LogP contribution in [0.4, 0.5) is 10.1 Å². The van der Waals surface area contributed by atoms with Gasteiger partial charge in [-0.05, 0) is 48.7 Å². The highest BCUT2D eigenvalue weighted by atomic mass is 19.1. The third-order valence-corrected chi connectivity index (χ3v) is 4.61. The molecule has 5 heteroatoms. The highest BCUT2D eigenvalue weighted by Crippen LogP contribution is 2.24. The topological polar surface area (TPSA) is 41.6 Å². The van der Waals surface area contributed by atoms with Gasteiger partial charge in [0.05, 0.1) is 7.11 Å². The van der Waals surface area contributed by atoms with E-state index in [0.29, 0.717) is 13.0 Å². The zero-order valence-electron chi connectivity index (χ0n) is 14.6. The quantitative estimate of drug-likeness (QED) is 0.868. The van der Waals surface area contributed by atoms with Gasteiger partial charge in [0.2, 0.25) is 5.91 Å². The molecule has 2 aromatic carbocycles. The molecular formula is C20H23FN2O2. The Bertz CT molecular complexity index is 746. The maximum Gasteiger partial charge on any atom is 0.227 e. The molecule has 1 fully saturated rings. The molecule has 1 aliphatic rings. The predicted molar refractivity (Wildman–Crippen MR) is 96.2 cm³/mol. The summed E-state index contributed by atoms with van der Waals surface area (Å²) in [5.74, 6) is 0.0957. The van der Waals surface area contributed by atoms with Crippen LogP contribution in [0.15, 0.2) is 42.5 Å². The average molecular weight is 342 g/mol. The molecule has 0 aliphatic carbocycles. The summed E-state index contributed by atoms with van der Waals surface area (Å²) in [6.45, 7) is 3.43. The van der Waals surface area contributed by atoms with Crippen LogP contribution in [0, 0.1) is 5.82 Å². The number of halogens is 1. The van der Waals surface area contributed by atoms with Crippen molar-refractivity contribution in [2.75, 3.05) is 18.6 Å². The Balaban J connectivity index is 1.60. The summed E-state index contributed by atoms with van der Waals surface area (Å²) in [7, 11) is 1.46. The fourth-order valence-corrected chi connectivity index (χ4v) is 3.07. The van der Waals surface area contributed by atoms with Crippen molar-refractivity contribution in [2.45, 2.75) is 32.4 Å². The molecule has 1 amide bonds. The summed E-state index contributed by atoms with van der Waals surface area (Å²) in [4.78, 5) is 13.6. The van der Waals surface area contributed by atoms with Crippen molar-refractivity contribution in [3.8, 4) is 5.75 Å². The molecule has 1 atom stereocenters. The number of methoxy groups -OCH3 is 1. The van der Waals surface area contributed by atoms with E-state index in [1.807, 2.05) is 35.2 Å². The smallest absolute Gasteiger partial charge is 0.227 e. The summed E-state index contributed by atoms with van der Waals surface area (Å²) < 4.78 is 18.7. The van der Waals surface area contributed by atoms with Crippen molar-refractivity contribution in [2.24, 2.45) is 0 Å². The van der Waals surface area contributed by atoms with Crippen molar-refractivity contribution in [1.82, 2.24) is 5.32 Å². The monoisotopic (exact) mass is 342 g/mol. The molecule has 1 unspecified atom stereocenters. The van der Waals surface area contributed by atoms with Gasteiger partial charge in [-0.25, -0.2) is 4.39 Å². The van der Waals surface area contributed by atoms with Crippen LogP contribution in [0.3, 0.4) is 0 Å². The molecular weight excluding hydrogens is 319 g/mol. The molecule has 0 aromatic heterocycles. The van der Waals surface area contributed by atoms with Gasteiger partial charge in [0, 0.05) is 31.2 Å². The minimum absolute atomic E-state index is 0.119. The van der Waals surface area contributed by atoms with Gasteiger partial charge in [-0.3, -0.25) is 4.79 Å². The number of carbonyl (C=O) groups excluding carboxylic acids is 1. The van der Waals surface area contributed by atoms with Crippen molar-refractivity contribution < 1.29 is 13.9 Å². The summed E-state index contributed by atoms with van der Waals surface area (Å²) in [6.07, 6.45) is 1.56. The standard InChI is InChI=1S/C20H23FN2O2/c1-14(22-13-15-5-10-19(25-2)18(21)12-15)16-6-8-17(9-7-16)23-11-3-4-20(23)24/h5-10,12,14,22H,3-4,11,13H2,1-2H3. The zero-order chi connectivity index (χ0) is 17.8. The second kappa shape index (κ2) is 7.66. The molecule has 25 heavy (non-hydrogen) atoms. The Labute approximate surface area is 147 Å². The van der Waals surface area contributed by atoms with Gasteiger partial charge in [0.25, 0.3) is 0 Å². The lowest BCUT2D eigenvalue weighted by Gasteiger charge is -2.18. The van der Waals surface area contributed by atoms with Crippen LogP contribution in [-0.2, 0) is 11.3 Å². The fraction of sp³-hybridized carbons (Fsp3) is 0.350. The van der Waals surface area contributed by atoms with Crippen LogP contribution in [0.5, 0.6) is 5.75 Å². The third kappa shape index (κ3) is 3.99. The third-order valence-electron chi connectivity index (χ3n) is 4.61. The lowest BCUT2D eigenvalue weighted by molar-refractivity contribution is -0.117. The number of hydrogen-bond donors (Lipinski definition) is 1. The normalized spacial score (nSPS) is 15.5. The van der Waals surface area contributed by atoms with Gasteiger partial charge in [-0.1, -0.05) is 18.2 Å². The van der Waals surface area contributed by atoms with Crippen molar-refractivity contribution in [1.29, 1.82) is 0 Å². The summed E-state index contributed by atoms with van der Waals surface area (Å²) in [6, 6.07) is 13.1. The van der Waals surface area contributed by atoms with Crippen LogP contribution in [0.1, 0.15) is 36.9 Å². The molecule has 4 nitrogen and oxygen atoms in total. The summed E-state index contributed by atoms with van der Waals surface area (Å²) in [5.41, 5.74) is 2.95. The minimum atomic E-state index is -0.353. The number of carbonyl (C=O) groups is 1. The first kappa shape index (κ1) is 17.4. The molecule has 1 saturated heterocycles. The first-order valence-corrected chi connectivity index (χ1v) is 8.54. The molecule has 0 bridgehead atoms. The highest BCUT2D eigenvalue weighted by molar-refractivity contribution is 5.95. The van der Waals surface area contributed by atoms with Crippen molar-refractivity contribution >= 4 is 11.6 Å². The number of benzene rings is 2. The van der Waals surface area contributed by atoms with E-state index in [9.17, 15) is 9.18 Å². The lowest BCUT2D eigenvalue weighted by atomic mass is 10.1. The van der Waals surface area contributed by atoms with Crippen LogP contribution < -0.4 is 15.0 Å². The number of nitrogens with zero attached hydrogens (tertiary/aromatic N) is 1. The molecule has 1 N–H and O–H groups in total.